The van der Waals surface area contributed by atoms with Crippen molar-refractivity contribution in [1.29, 1.82) is 0 Å². The first-order valence-electron chi connectivity index (χ1n) is 6.37. The van der Waals surface area contributed by atoms with Crippen LogP contribution in [0.3, 0.4) is 0 Å². The first-order chi connectivity index (χ1) is 7.07. The van der Waals surface area contributed by atoms with Crippen LogP contribution >= 0.6 is 0 Å². The molecule has 0 aromatic heterocycles. The largest absolute Gasteiger partial charge is 0.387 e. The van der Waals surface area contributed by atoms with Crippen LogP contribution in [-0.4, -0.2) is 23.9 Å². The Morgan fingerprint density at radius 2 is 2.20 bits per heavy atom. The molecule has 0 aromatic carbocycles. The van der Waals surface area contributed by atoms with Crippen LogP contribution in [0.25, 0.3) is 0 Å². The normalized spacial score (nSPS) is 32.2. The number of hydrogen-bond donors (Lipinski definition) is 1. The maximum atomic E-state index is 10.4. The van der Waals surface area contributed by atoms with Gasteiger partial charge in [-0.2, -0.15) is 0 Å². The maximum Gasteiger partial charge on any atom is 0.0882 e. The van der Waals surface area contributed by atoms with E-state index in [2.05, 4.69) is 20.8 Å². The molecule has 1 aliphatic carbocycles. The van der Waals surface area contributed by atoms with Gasteiger partial charge < -0.3 is 9.84 Å². The first kappa shape index (κ1) is 13.0. The van der Waals surface area contributed by atoms with Crippen molar-refractivity contribution < 1.29 is 9.84 Å². The Morgan fingerprint density at radius 3 is 2.80 bits per heavy atom. The maximum absolute atomic E-state index is 10.4. The molecule has 0 heterocycles. The zero-order valence-electron chi connectivity index (χ0n) is 10.5. The van der Waals surface area contributed by atoms with Gasteiger partial charge in [-0.25, -0.2) is 0 Å². The molecule has 0 aromatic rings. The molecule has 0 bridgehead atoms. The van der Waals surface area contributed by atoms with Crippen LogP contribution in [0.1, 0.15) is 52.9 Å². The highest BCUT2D eigenvalue weighted by molar-refractivity contribution is 4.87. The number of aliphatic hydroxyl groups is 1. The molecule has 2 nitrogen and oxygen atoms in total. The standard InChI is InChI=1S/C13H26O2/c1-4-8-15-10-13(14)7-5-6-12(9-13)11(2)3/h11-12,14H,4-10H2,1-3H3. The topological polar surface area (TPSA) is 29.5 Å². The summed E-state index contributed by atoms with van der Waals surface area (Å²) in [6.07, 6.45) is 5.29. The quantitative estimate of drug-likeness (QED) is 0.713. The zero-order valence-corrected chi connectivity index (χ0v) is 10.5. The molecule has 1 fully saturated rings. The molecule has 2 heteroatoms. The van der Waals surface area contributed by atoms with E-state index in [1.165, 1.54) is 6.42 Å². The number of ether oxygens (including phenoxy) is 1. The zero-order chi connectivity index (χ0) is 11.3. The number of hydrogen-bond acceptors (Lipinski definition) is 2. The fourth-order valence-corrected chi connectivity index (χ4v) is 2.49. The van der Waals surface area contributed by atoms with Crippen LogP contribution in [0.15, 0.2) is 0 Å². The summed E-state index contributed by atoms with van der Waals surface area (Å²) in [5.74, 6) is 1.36. The summed E-state index contributed by atoms with van der Waals surface area (Å²) in [4.78, 5) is 0. The minimum absolute atomic E-state index is 0.532. The van der Waals surface area contributed by atoms with Crippen LogP contribution < -0.4 is 0 Å². The van der Waals surface area contributed by atoms with Gasteiger partial charge in [-0.3, -0.25) is 0 Å². The highest BCUT2D eigenvalue weighted by atomic mass is 16.5. The van der Waals surface area contributed by atoms with Crippen molar-refractivity contribution >= 4 is 0 Å². The second kappa shape index (κ2) is 5.86. The van der Waals surface area contributed by atoms with E-state index in [0.717, 1.165) is 32.3 Å². The molecule has 1 saturated carbocycles. The molecule has 1 rings (SSSR count). The van der Waals surface area contributed by atoms with Gasteiger partial charge in [0.1, 0.15) is 0 Å². The molecule has 15 heavy (non-hydrogen) atoms. The van der Waals surface area contributed by atoms with E-state index in [9.17, 15) is 5.11 Å². The molecule has 0 radical (unpaired) electrons. The Bertz CT molecular complexity index is 179. The molecule has 1 aliphatic rings. The van der Waals surface area contributed by atoms with Crippen molar-refractivity contribution in [3.8, 4) is 0 Å². The average molecular weight is 214 g/mol. The fourth-order valence-electron chi connectivity index (χ4n) is 2.49. The van der Waals surface area contributed by atoms with E-state index < -0.39 is 5.60 Å². The minimum Gasteiger partial charge on any atom is -0.387 e. The Hall–Kier alpha value is -0.0800. The van der Waals surface area contributed by atoms with Crippen molar-refractivity contribution in [1.82, 2.24) is 0 Å². The molecule has 0 saturated heterocycles. The predicted molar refractivity (Wildman–Crippen MR) is 62.9 cm³/mol. The van der Waals surface area contributed by atoms with E-state index in [4.69, 9.17) is 4.74 Å². The van der Waals surface area contributed by atoms with Crippen molar-refractivity contribution in [3.63, 3.8) is 0 Å². The van der Waals surface area contributed by atoms with Gasteiger partial charge in [-0.05, 0) is 37.5 Å². The van der Waals surface area contributed by atoms with Gasteiger partial charge >= 0.3 is 0 Å². The third-order valence-corrected chi connectivity index (χ3v) is 3.52. The second-order valence-corrected chi connectivity index (χ2v) is 5.38. The van der Waals surface area contributed by atoms with E-state index >= 15 is 0 Å². The Labute approximate surface area is 94.0 Å². The second-order valence-electron chi connectivity index (χ2n) is 5.38. The monoisotopic (exact) mass is 214 g/mol. The van der Waals surface area contributed by atoms with E-state index in [1.54, 1.807) is 0 Å². The lowest BCUT2D eigenvalue weighted by Gasteiger charge is -2.38. The summed E-state index contributed by atoms with van der Waals surface area (Å²) in [6, 6.07) is 0. The van der Waals surface area contributed by atoms with Crippen LogP contribution in [-0.2, 0) is 4.74 Å². The van der Waals surface area contributed by atoms with Gasteiger partial charge in [-0.1, -0.05) is 27.2 Å². The molecule has 2 unspecified atom stereocenters. The highest BCUT2D eigenvalue weighted by Crippen LogP contribution is 2.36. The van der Waals surface area contributed by atoms with Gasteiger partial charge in [0.15, 0.2) is 0 Å². The van der Waals surface area contributed by atoms with Gasteiger partial charge in [0.25, 0.3) is 0 Å². The van der Waals surface area contributed by atoms with Gasteiger partial charge in [0.05, 0.1) is 12.2 Å². The molecular weight excluding hydrogens is 188 g/mol. The van der Waals surface area contributed by atoms with Crippen molar-refractivity contribution in [2.45, 2.75) is 58.5 Å². The summed E-state index contributed by atoms with van der Waals surface area (Å²) < 4.78 is 5.50. The third kappa shape index (κ3) is 4.12. The Morgan fingerprint density at radius 1 is 1.47 bits per heavy atom. The van der Waals surface area contributed by atoms with E-state index in [-0.39, 0.29) is 0 Å². The lowest BCUT2D eigenvalue weighted by Crippen LogP contribution is -2.41. The summed E-state index contributed by atoms with van der Waals surface area (Å²) in [5.41, 5.74) is -0.539. The van der Waals surface area contributed by atoms with Crippen LogP contribution in [0.4, 0.5) is 0 Å². The van der Waals surface area contributed by atoms with Gasteiger partial charge in [-0.15, -0.1) is 0 Å². The first-order valence-corrected chi connectivity index (χ1v) is 6.37. The summed E-state index contributed by atoms with van der Waals surface area (Å²) >= 11 is 0. The smallest absolute Gasteiger partial charge is 0.0882 e. The van der Waals surface area contributed by atoms with E-state index in [1.807, 2.05) is 0 Å². The Balaban J connectivity index is 2.38. The summed E-state index contributed by atoms with van der Waals surface area (Å²) in [6.45, 7) is 7.91. The molecule has 0 spiro atoms. The summed E-state index contributed by atoms with van der Waals surface area (Å²) in [7, 11) is 0. The molecule has 2 atom stereocenters. The lowest BCUT2D eigenvalue weighted by molar-refractivity contribution is -0.0850. The molecule has 0 aliphatic heterocycles. The molecule has 1 N–H and O–H groups in total. The van der Waals surface area contributed by atoms with Gasteiger partial charge in [0, 0.05) is 6.61 Å². The minimum atomic E-state index is -0.539. The lowest BCUT2D eigenvalue weighted by atomic mass is 9.74. The predicted octanol–water partition coefficient (Wildman–Crippen LogP) is 2.99. The van der Waals surface area contributed by atoms with Gasteiger partial charge in [0.2, 0.25) is 0 Å². The van der Waals surface area contributed by atoms with Crippen molar-refractivity contribution in [3.05, 3.63) is 0 Å². The Kier molecular flexibility index (Phi) is 5.07. The highest BCUT2D eigenvalue weighted by Gasteiger charge is 2.35. The third-order valence-electron chi connectivity index (χ3n) is 3.52. The van der Waals surface area contributed by atoms with Crippen LogP contribution in [0, 0.1) is 11.8 Å². The fraction of sp³-hybridized carbons (Fsp3) is 1.00. The average Bonchev–Trinajstić information content (AvgIpc) is 2.18. The van der Waals surface area contributed by atoms with Crippen molar-refractivity contribution in [2.24, 2.45) is 11.8 Å². The van der Waals surface area contributed by atoms with Crippen molar-refractivity contribution in [2.75, 3.05) is 13.2 Å². The molecule has 0 amide bonds. The van der Waals surface area contributed by atoms with Crippen LogP contribution in [0.5, 0.6) is 0 Å². The van der Waals surface area contributed by atoms with Crippen LogP contribution in [0.2, 0.25) is 0 Å². The number of rotatable bonds is 5. The summed E-state index contributed by atoms with van der Waals surface area (Å²) in [5, 5.41) is 10.4. The van der Waals surface area contributed by atoms with E-state index in [0.29, 0.717) is 18.4 Å². The molecule has 90 valence electrons. The molecular formula is C13H26O2. The SMILES string of the molecule is CCCOCC1(O)CCCC(C(C)C)C1.